The van der Waals surface area contributed by atoms with Crippen LogP contribution in [-0.2, 0) is 7.05 Å². The monoisotopic (exact) mass is 326 g/mol. The van der Waals surface area contributed by atoms with Crippen LogP contribution in [-0.4, -0.2) is 14.9 Å². The quantitative estimate of drug-likeness (QED) is 0.934. The molecular formula is C13H15BrN2OS. The molecule has 0 saturated carbocycles. The van der Waals surface area contributed by atoms with Gasteiger partial charge in [0.15, 0.2) is 0 Å². The fourth-order valence-electron chi connectivity index (χ4n) is 1.71. The van der Waals surface area contributed by atoms with Gasteiger partial charge in [0.05, 0.1) is 16.8 Å². The normalized spacial score (nSPS) is 12.7. The molecule has 0 radical (unpaired) electrons. The van der Waals surface area contributed by atoms with Crippen LogP contribution in [0.5, 0.6) is 0 Å². The summed E-state index contributed by atoms with van der Waals surface area (Å²) in [6, 6.07) is 8.04. The molecule has 0 aliphatic carbocycles. The zero-order valence-corrected chi connectivity index (χ0v) is 12.9. The molecule has 1 N–H and O–H groups in total. The van der Waals surface area contributed by atoms with Gasteiger partial charge in [0.25, 0.3) is 0 Å². The highest BCUT2D eigenvalue weighted by Gasteiger charge is 2.09. The minimum atomic E-state index is -0.461. The van der Waals surface area contributed by atoms with E-state index in [1.165, 1.54) is 0 Å². The third-order valence-corrected chi connectivity index (χ3v) is 4.37. The minimum Gasteiger partial charge on any atom is -0.389 e. The smallest absolute Gasteiger partial charge is 0.0986 e. The predicted octanol–water partition coefficient (Wildman–Crippen LogP) is 3.70. The van der Waals surface area contributed by atoms with Crippen molar-refractivity contribution in [3.8, 4) is 0 Å². The maximum absolute atomic E-state index is 9.58. The van der Waals surface area contributed by atoms with E-state index in [2.05, 4.69) is 27.1 Å². The van der Waals surface area contributed by atoms with E-state index in [0.29, 0.717) is 0 Å². The molecule has 0 amide bonds. The van der Waals surface area contributed by atoms with Gasteiger partial charge < -0.3 is 5.11 Å². The zero-order valence-electron chi connectivity index (χ0n) is 10.5. The maximum Gasteiger partial charge on any atom is 0.0986 e. The third kappa shape index (κ3) is 2.96. The molecule has 0 fully saturated rings. The SMILES string of the molecule is Cc1cc(Sc2ccc([C@@H](C)O)c(Br)c2)n(C)n1. The minimum absolute atomic E-state index is 0.461. The highest BCUT2D eigenvalue weighted by Crippen LogP contribution is 2.32. The summed E-state index contributed by atoms with van der Waals surface area (Å²) in [4.78, 5) is 1.12. The lowest BCUT2D eigenvalue weighted by molar-refractivity contribution is 0.198. The third-order valence-electron chi connectivity index (χ3n) is 2.60. The van der Waals surface area contributed by atoms with Crippen molar-refractivity contribution >= 4 is 27.7 Å². The number of rotatable bonds is 3. The van der Waals surface area contributed by atoms with Gasteiger partial charge in [-0.2, -0.15) is 5.10 Å². The Morgan fingerprint density at radius 3 is 2.61 bits per heavy atom. The number of hydrogen-bond acceptors (Lipinski definition) is 3. The second-order valence-corrected chi connectivity index (χ2v) is 6.16. The molecule has 0 unspecified atom stereocenters. The molecule has 0 saturated heterocycles. The second kappa shape index (κ2) is 5.47. The summed E-state index contributed by atoms with van der Waals surface area (Å²) in [6.07, 6.45) is -0.461. The van der Waals surface area contributed by atoms with Gasteiger partial charge in [-0.25, -0.2) is 0 Å². The van der Waals surface area contributed by atoms with Gasteiger partial charge >= 0.3 is 0 Å². The summed E-state index contributed by atoms with van der Waals surface area (Å²) >= 11 is 5.15. The first-order valence-electron chi connectivity index (χ1n) is 5.63. The maximum atomic E-state index is 9.58. The first-order valence-corrected chi connectivity index (χ1v) is 7.24. The standard InChI is InChI=1S/C13H15BrN2OS/c1-8-6-13(16(3)15-8)18-10-4-5-11(9(2)17)12(14)7-10/h4-7,9,17H,1-3H3/t9-/m1/s1. The van der Waals surface area contributed by atoms with Crippen LogP contribution in [0.25, 0.3) is 0 Å². The van der Waals surface area contributed by atoms with Gasteiger partial charge in [0, 0.05) is 16.4 Å². The van der Waals surface area contributed by atoms with E-state index in [0.717, 1.165) is 25.7 Å². The molecule has 2 aromatic rings. The van der Waals surface area contributed by atoms with Crippen molar-refractivity contribution in [1.82, 2.24) is 9.78 Å². The molecule has 0 aliphatic heterocycles. The van der Waals surface area contributed by atoms with E-state index in [4.69, 9.17) is 0 Å². The van der Waals surface area contributed by atoms with Gasteiger partial charge in [-0.15, -0.1) is 0 Å². The van der Waals surface area contributed by atoms with Crippen LogP contribution < -0.4 is 0 Å². The number of halogens is 1. The van der Waals surface area contributed by atoms with Crippen LogP contribution in [0.1, 0.15) is 24.3 Å². The molecule has 0 aliphatic rings. The van der Waals surface area contributed by atoms with Gasteiger partial charge in [-0.1, -0.05) is 33.8 Å². The van der Waals surface area contributed by atoms with Crippen molar-refractivity contribution in [1.29, 1.82) is 0 Å². The number of benzene rings is 1. The first kappa shape index (κ1) is 13.6. The summed E-state index contributed by atoms with van der Waals surface area (Å²) in [6.45, 7) is 3.74. The molecule has 3 nitrogen and oxygen atoms in total. The molecule has 0 bridgehead atoms. The number of nitrogens with zero attached hydrogens (tertiary/aromatic N) is 2. The zero-order chi connectivity index (χ0) is 13.3. The van der Waals surface area contributed by atoms with Crippen LogP contribution in [0.15, 0.2) is 38.7 Å². The highest BCUT2D eigenvalue weighted by molar-refractivity contribution is 9.10. The summed E-state index contributed by atoms with van der Waals surface area (Å²) in [5.74, 6) is 0. The van der Waals surface area contributed by atoms with Crippen LogP contribution in [0.4, 0.5) is 0 Å². The van der Waals surface area contributed by atoms with Crippen molar-refractivity contribution in [2.24, 2.45) is 7.05 Å². The van der Waals surface area contributed by atoms with E-state index in [-0.39, 0.29) is 0 Å². The van der Waals surface area contributed by atoms with Crippen molar-refractivity contribution in [3.05, 3.63) is 40.0 Å². The molecule has 2 rings (SSSR count). The largest absolute Gasteiger partial charge is 0.389 e. The lowest BCUT2D eigenvalue weighted by Crippen LogP contribution is -1.94. The summed E-state index contributed by atoms with van der Waals surface area (Å²) in [5.41, 5.74) is 1.92. The van der Waals surface area contributed by atoms with Crippen molar-refractivity contribution < 1.29 is 5.11 Å². The predicted molar refractivity (Wildman–Crippen MR) is 76.8 cm³/mol. The number of aryl methyl sites for hydroxylation is 2. The number of aliphatic hydroxyl groups excluding tert-OH is 1. The molecular weight excluding hydrogens is 312 g/mol. The Bertz CT molecular complexity index is 566. The Balaban J connectivity index is 2.25. The fraction of sp³-hybridized carbons (Fsp3) is 0.308. The van der Waals surface area contributed by atoms with Crippen LogP contribution >= 0.6 is 27.7 Å². The number of aromatic nitrogens is 2. The van der Waals surface area contributed by atoms with E-state index in [1.807, 2.05) is 36.9 Å². The highest BCUT2D eigenvalue weighted by atomic mass is 79.9. The van der Waals surface area contributed by atoms with Gasteiger partial charge in [-0.05, 0) is 37.6 Å². The van der Waals surface area contributed by atoms with Gasteiger partial charge in [0.1, 0.15) is 0 Å². The van der Waals surface area contributed by atoms with Crippen molar-refractivity contribution in [2.75, 3.05) is 0 Å². The van der Waals surface area contributed by atoms with Crippen molar-refractivity contribution in [2.45, 2.75) is 29.9 Å². The molecule has 1 atom stereocenters. The number of hydrogen-bond donors (Lipinski definition) is 1. The van der Waals surface area contributed by atoms with Crippen molar-refractivity contribution in [3.63, 3.8) is 0 Å². The van der Waals surface area contributed by atoms with Crippen LogP contribution in [0.3, 0.4) is 0 Å². The average Bonchev–Trinajstić information content (AvgIpc) is 2.57. The lowest BCUT2D eigenvalue weighted by Gasteiger charge is -2.09. The van der Waals surface area contributed by atoms with E-state index >= 15 is 0 Å². The Hall–Kier alpha value is -0.780. The molecule has 5 heteroatoms. The Morgan fingerprint density at radius 1 is 1.39 bits per heavy atom. The Morgan fingerprint density at radius 2 is 2.11 bits per heavy atom. The summed E-state index contributed by atoms with van der Waals surface area (Å²) < 4.78 is 2.80. The van der Waals surface area contributed by atoms with Gasteiger partial charge in [-0.3, -0.25) is 4.68 Å². The molecule has 1 aromatic carbocycles. The molecule has 18 heavy (non-hydrogen) atoms. The molecule has 96 valence electrons. The lowest BCUT2D eigenvalue weighted by atomic mass is 10.1. The summed E-state index contributed by atoms with van der Waals surface area (Å²) in [5, 5.41) is 15.0. The summed E-state index contributed by atoms with van der Waals surface area (Å²) in [7, 11) is 1.94. The number of aliphatic hydroxyl groups is 1. The topological polar surface area (TPSA) is 38.0 Å². The van der Waals surface area contributed by atoms with E-state index in [1.54, 1.807) is 18.7 Å². The average molecular weight is 327 g/mol. The van der Waals surface area contributed by atoms with Gasteiger partial charge in [0.2, 0.25) is 0 Å². The van der Waals surface area contributed by atoms with E-state index < -0.39 is 6.10 Å². The van der Waals surface area contributed by atoms with Crippen LogP contribution in [0.2, 0.25) is 0 Å². The van der Waals surface area contributed by atoms with Crippen LogP contribution in [0, 0.1) is 6.92 Å². The molecule has 0 spiro atoms. The fourth-order valence-corrected chi connectivity index (χ4v) is 3.53. The molecule has 1 aromatic heterocycles. The Kier molecular flexibility index (Phi) is 4.14. The second-order valence-electron chi connectivity index (χ2n) is 4.21. The molecule has 1 heterocycles. The first-order chi connectivity index (χ1) is 8.47. The van der Waals surface area contributed by atoms with E-state index in [9.17, 15) is 5.11 Å². The Labute approximate surface area is 119 Å².